The molecule has 2 atom stereocenters. The van der Waals surface area contributed by atoms with Crippen LogP contribution in [-0.4, -0.2) is 5.97 Å². The zero-order valence-corrected chi connectivity index (χ0v) is 10.4. The molecule has 0 N–H and O–H groups in total. The number of hydrogen-bond acceptors (Lipinski definition) is 2. The predicted molar refractivity (Wildman–Crippen MR) is 70.5 cm³/mol. The maximum absolute atomic E-state index is 11.5. The van der Waals surface area contributed by atoms with Crippen molar-refractivity contribution < 1.29 is 9.90 Å². The van der Waals surface area contributed by atoms with E-state index in [1.807, 2.05) is 12.1 Å². The van der Waals surface area contributed by atoms with Gasteiger partial charge in [0, 0.05) is 17.8 Å². The van der Waals surface area contributed by atoms with E-state index in [2.05, 4.69) is 30.3 Å². The number of carbonyl (C=O) groups is 1. The van der Waals surface area contributed by atoms with Gasteiger partial charge in [-0.3, -0.25) is 0 Å². The van der Waals surface area contributed by atoms with Crippen LogP contribution >= 0.6 is 0 Å². The molecule has 2 heteroatoms. The van der Waals surface area contributed by atoms with Crippen molar-refractivity contribution in [2.75, 3.05) is 0 Å². The SMILES string of the molecule is O=C([O-])C1CCc2cccc3c2C1c1ccccc1-3. The molecule has 0 saturated heterocycles. The molecule has 94 valence electrons. The number of benzene rings is 2. The van der Waals surface area contributed by atoms with Crippen molar-refractivity contribution in [2.45, 2.75) is 18.8 Å². The highest BCUT2D eigenvalue weighted by molar-refractivity contribution is 5.84. The minimum absolute atomic E-state index is 0.0128. The molecule has 2 aliphatic rings. The first-order valence-electron chi connectivity index (χ1n) is 6.69. The van der Waals surface area contributed by atoms with Crippen LogP contribution in [0.15, 0.2) is 42.5 Å². The third-order valence-electron chi connectivity index (χ3n) is 4.52. The fourth-order valence-electron chi connectivity index (χ4n) is 3.75. The number of fused-ring (bicyclic) bond motifs is 3. The van der Waals surface area contributed by atoms with Gasteiger partial charge in [0.05, 0.1) is 0 Å². The lowest BCUT2D eigenvalue weighted by Gasteiger charge is -2.32. The van der Waals surface area contributed by atoms with Crippen molar-refractivity contribution >= 4 is 5.97 Å². The van der Waals surface area contributed by atoms with E-state index < -0.39 is 11.9 Å². The standard InChI is InChI=1S/C17H14O2/c18-17(19)14-9-8-10-4-3-7-12-11-5-1-2-6-13(11)16(14)15(10)12/h1-7,14,16H,8-9H2,(H,18,19)/p-1. The molecule has 0 saturated carbocycles. The molecule has 2 aliphatic carbocycles. The van der Waals surface area contributed by atoms with E-state index in [0.29, 0.717) is 6.42 Å². The first-order chi connectivity index (χ1) is 9.27. The zero-order chi connectivity index (χ0) is 13.0. The Bertz CT molecular complexity index is 687. The van der Waals surface area contributed by atoms with Gasteiger partial charge in [0.1, 0.15) is 0 Å². The summed E-state index contributed by atoms with van der Waals surface area (Å²) in [6.45, 7) is 0. The summed E-state index contributed by atoms with van der Waals surface area (Å²) in [5.41, 5.74) is 6.08. The third kappa shape index (κ3) is 1.34. The number of carbonyl (C=O) groups excluding carboxylic acids is 1. The second kappa shape index (κ2) is 3.70. The Labute approximate surface area is 111 Å². The number of rotatable bonds is 1. The molecular weight excluding hydrogens is 236 g/mol. The normalized spacial score (nSPS) is 22.7. The fraction of sp³-hybridized carbons (Fsp3) is 0.235. The van der Waals surface area contributed by atoms with Crippen molar-refractivity contribution in [3.63, 3.8) is 0 Å². The smallest absolute Gasteiger partial charge is 0.0454 e. The first kappa shape index (κ1) is 10.8. The largest absolute Gasteiger partial charge is 0.550 e. The summed E-state index contributed by atoms with van der Waals surface area (Å²) < 4.78 is 0. The summed E-state index contributed by atoms with van der Waals surface area (Å²) in [4.78, 5) is 11.5. The molecular formula is C17H13O2-. The van der Waals surface area contributed by atoms with Crippen molar-refractivity contribution in [3.05, 3.63) is 59.2 Å². The molecule has 0 aliphatic heterocycles. The number of hydrogen-bond donors (Lipinski definition) is 0. The Morgan fingerprint density at radius 2 is 1.84 bits per heavy atom. The van der Waals surface area contributed by atoms with Crippen LogP contribution in [0.2, 0.25) is 0 Å². The average Bonchev–Trinajstić information content (AvgIpc) is 2.77. The summed E-state index contributed by atoms with van der Waals surface area (Å²) in [6.07, 6.45) is 1.52. The molecule has 2 aromatic rings. The third-order valence-corrected chi connectivity index (χ3v) is 4.52. The number of aryl methyl sites for hydroxylation is 1. The van der Waals surface area contributed by atoms with Crippen LogP contribution in [0.1, 0.15) is 29.0 Å². The quantitative estimate of drug-likeness (QED) is 0.776. The van der Waals surface area contributed by atoms with Crippen molar-refractivity contribution in [3.8, 4) is 11.1 Å². The monoisotopic (exact) mass is 249 g/mol. The second-order valence-corrected chi connectivity index (χ2v) is 5.41. The molecule has 2 unspecified atom stereocenters. The zero-order valence-electron chi connectivity index (χ0n) is 10.4. The number of carboxylic acids is 1. The number of carboxylic acid groups (broad SMARTS) is 1. The van der Waals surface area contributed by atoms with Gasteiger partial charge in [-0.15, -0.1) is 0 Å². The van der Waals surface area contributed by atoms with E-state index in [0.717, 1.165) is 12.0 Å². The highest BCUT2D eigenvalue weighted by Crippen LogP contribution is 2.52. The predicted octanol–water partition coefficient (Wildman–Crippen LogP) is 2.11. The van der Waals surface area contributed by atoms with E-state index in [4.69, 9.17) is 0 Å². The second-order valence-electron chi connectivity index (χ2n) is 5.41. The van der Waals surface area contributed by atoms with E-state index in [1.54, 1.807) is 0 Å². The van der Waals surface area contributed by atoms with Gasteiger partial charge in [-0.05, 0) is 40.7 Å². The lowest BCUT2D eigenvalue weighted by atomic mass is 9.74. The summed E-state index contributed by atoms with van der Waals surface area (Å²) in [6, 6.07) is 14.5. The Balaban J connectivity index is 2.04. The van der Waals surface area contributed by atoms with Crippen molar-refractivity contribution in [1.82, 2.24) is 0 Å². The Hall–Kier alpha value is -2.09. The lowest BCUT2D eigenvalue weighted by Crippen LogP contribution is -2.37. The molecule has 0 fully saturated rings. The van der Waals surface area contributed by atoms with E-state index in [9.17, 15) is 9.90 Å². The highest BCUT2D eigenvalue weighted by atomic mass is 16.4. The van der Waals surface area contributed by atoms with Crippen LogP contribution in [0.3, 0.4) is 0 Å². The minimum atomic E-state index is -0.915. The first-order valence-corrected chi connectivity index (χ1v) is 6.69. The van der Waals surface area contributed by atoms with Crippen LogP contribution in [0.4, 0.5) is 0 Å². The van der Waals surface area contributed by atoms with Crippen molar-refractivity contribution in [1.29, 1.82) is 0 Å². The fourth-order valence-corrected chi connectivity index (χ4v) is 3.75. The van der Waals surface area contributed by atoms with E-state index in [1.165, 1.54) is 22.3 Å². The van der Waals surface area contributed by atoms with E-state index in [-0.39, 0.29) is 5.92 Å². The Morgan fingerprint density at radius 1 is 1.05 bits per heavy atom. The van der Waals surface area contributed by atoms with Gasteiger partial charge in [-0.1, -0.05) is 42.5 Å². The van der Waals surface area contributed by atoms with E-state index >= 15 is 0 Å². The van der Waals surface area contributed by atoms with Gasteiger partial charge in [0.15, 0.2) is 0 Å². The van der Waals surface area contributed by atoms with Crippen LogP contribution in [-0.2, 0) is 11.2 Å². The highest BCUT2D eigenvalue weighted by Gasteiger charge is 2.38. The summed E-state index contributed by atoms with van der Waals surface area (Å²) >= 11 is 0. The molecule has 2 aromatic carbocycles. The maximum atomic E-state index is 11.5. The van der Waals surface area contributed by atoms with Gasteiger partial charge in [0.2, 0.25) is 0 Å². The van der Waals surface area contributed by atoms with Gasteiger partial charge >= 0.3 is 0 Å². The minimum Gasteiger partial charge on any atom is -0.550 e. The molecule has 4 rings (SSSR count). The maximum Gasteiger partial charge on any atom is 0.0454 e. The Kier molecular flexibility index (Phi) is 2.10. The molecule has 2 nitrogen and oxygen atoms in total. The van der Waals surface area contributed by atoms with Crippen LogP contribution in [0.25, 0.3) is 11.1 Å². The molecule has 0 bridgehead atoms. The molecule has 0 aromatic heterocycles. The summed E-state index contributed by atoms with van der Waals surface area (Å²) in [5, 5.41) is 11.5. The average molecular weight is 249 g/mol. The van der Waals surface area contributed by atoms with Crippen LogP contribution in [0.5, 0.6) is 0 Å². The van der Waals surface area contributed by atoms with Gasteiger partial charge in [0.25, 0.3) is 0 Å². The molecule has 19 heavy (non-hydrogen) atoms. The van der Waals surface area contributed by atoms with Crippen molar-refractivity contribution in [2.24, 2.45) is 5.92 Å². The Morgan fingerprint density at radius 3 is 2.68 bits per heavy atom. The van der Waals surface area contributed by atoms with Crippen LogP contribution < -0.4 is 5.11 Å². The summed E-state index contributed by atoms with van der Waals surface area (Å²) in [7, 11) is 0. The lowest BCUT2D eigenvalue weighted by molar-refractivity contribution is -0.312. The molecule has 0 spiro atoms. The van der Waals surface area contributed by atoms with Gasteiger partial charge in [-0.25, -0.2) is 0 Å². The molecule has 0 amide bonds. The summed E-state index contributed by atoms with van der Waals surface area (Å²) in [5.74, 6) is -1.32. The van der Waals surface area contributed by atoms with Crippen LogP contribution in [0, 0.1) is 5.92 Å². The van der Waals surface area contributed by atoms with Gasteiger partial charge < -0.3 is 9.90 Å². The molecule has 0 radical (unpaired) electrons. The molecule has 0 heterocycles. The van der Waals surface area contributed by atoms with Gasteiger partial charge in [-0.2, -0.15) is 0 Å². The topological polar surface area (TPSA) is 40.1 Å². The number of aliphatic carboxylic acids is 1.